The maximum absolute atomic E-state index is 10.5. The molecule has 0 aromatic heterocycles. The van der Waals surface area contributed by atoms with Gasteiger partial charge in [-0.25, -0.2) is 0 Å². The Labute approximate surface area is 78.7 Å². The molecule has 0 bridgehead atoms. The average Bonchev–Trinajstić information content (AvgIpc) is 2.04. The Morgan fingerprint density at radius 3 is 3.00 bits per heavy atom. The van der Waals surface area contributed by atoms with Crippen molar-refractivity contribution in [2.45, 2.75) is 19.3 Å². The van der Waals surface area contributed by atoms with Gasteiger partial charge in [0.25, 0.3) is 0 Å². The van der Waals surface area contributed by atoms with E-state index in [0.29, 0.717) is 18.9 Å². The Kier molecular flexibility index (Phi) is 4.18. The van der Waals surface area contributed by atoms with Crippen LogP contribution in [0.4, 0.5) is 0 Å². The minimum absolute atomic E-state index is 0.307. The van der Waals surface area contributed by atoms with Gasteiger partial charge in [0.05, 0.1) is 0 Å². The van der Waals surface area contributed by atoms with Crippen molar-refractivity contribution in [1.82, 2.24) is 4.90 Å². The number of nitrogens with zero attached hydrogens (tertiary/aromatic N) is 1. The van der Waals surface area contributed by atoms with Crippen molar-refractivity contribution in [3.05, 3.63) is 0 Å². The van der Waals surface area contributed by atoms with Crippen LogP contribution in [0.5, 0.6) is 0 Å². The van der Waals surface area contributed by atoms with Gasteiger partial charge in [-0.1, -0.05) is 0 Å². The highest BCUT2D eigenvalue weighted by Gasteiger charge is 2.21. The summed E-state index contributed by atoms with van der Waals surface area (Å²) in [6, 6.07) is 0. The molecule has 1 saturated heterocycles. The van der Waals surface area contributed by atoms with Crippen LogP contribution in [0.2, 0.25) is 0 Å². The van der Waals surface area contributed by atoms with Gasteiger partial charge in [0, 0.05) is 26.1 Å². The summed E-state index contributed by atoms with van der Waals surface area (Å²) in [4.78, 5) is 12.7. The number of hydrogen-bond donors (Lipinski definition) is 2. The molecule has 4 nitrogen and oxygen atoms in total. The Bertz CT molecular complexity index is 171. The van der Waals surface area contributed by atoms with Crippen LogP contribution in [-0.2, 0) is 4.79 Å². The zero-order chi connectivity index (χ0) is 9.68. The first-order valence-electron chi connectivity index (χ1n) is 4.86. The van der Waals surface area contributed by atoms with Gasteiger partial charge >= 0.3 is 5.97 Å². The summed E-state index contributed by atoms with van der Waals surface area (Å²) in [5, 5.41) is 8.64. The molecule has 1 aliphatic rings. The molecule has 4 heteroatoms. The standard InChI is InChI=1S/C9H18N2O2/c10-3-5-11-4-1-2-8(7-11)6-9(12)13/h8H,1-7,10H2,(H,12,13). The van der Waals surface area contributed by atoms with Crippen LogP contribution in [0.25, 0.3) is 0 Å². The first-order chi connectivity index (χ1) is 6.22. The van der Waals surface area contributed by atoms with E-state index in [9.17, 15) is 4.79 Å². The molecule has 0 spiro atoms. The van der Waals surface area contributed by atoms with Gasteiger partial charge in [0.1, 0.15) is 0 Å². The van der Waals surface area contributed by atoms with Crippen LogP contribution in [0.1, 0.15) is 19.3 Å². The lowest BCUT2D eigenvalue weighted by Gasteiger charge is -2.31. The zero-order valence-electron chi connectivity index (χ0n) is 7.91. The summed E-state index contributed by atoms with van der Waals surface area (Å²) < 4.78 is 0. The molecule has 3 N–H and O–H groups in total. The summed E-state index contributed by atoms with van der Waals surface area (Å²) in [6.07, 6.45) is 2.46. The average molecular weight is 186 g/mol. The summed E-state index contributed by atoms with van der Waals surface area (Å²) in [6.45, 7) is 3.55. The smallest absolute Gasteiger partial charge is 0.303 e. The summed E-state index contributed by atoms with van der Waals surface area (Å²) >= 11 is 0. The van der Waals surface area contributed by atoms with E-state index in [0.717, 1.165) is 32.5 Å². The van der Waals surface area contributed by atoms with E-state index in [1.807, 2.05) is 0 Å². The monoisotopic (exact) mass is 186 g/mol. The molecule has 0 amide bonds. The Balaban J connectivity index is 2.28. The van der Waals surface area contributed by atoms with Crippen molar-refractivity contribution in [3.8, 4) is 0 Å². The Morgan fingerprint density at radius 1 is 1.62 bits per heavy atom. The predicted octanol–water partition coefficient (Wildman–Crippen LogP) is 0.132. The summed E-state index contributed by atoms with van der Waals surface area (Å²) in [7, 11) is 0. The molecule has 0 aromatic rings. The highest BCUT2D eigenvalue weighted by atomic mass is 16.4. The number of nitrogens with two attached hydrogens (primary N) is 1. The van der Waals surface area contributed by atoms with E-state index in [4.69, 9.17) is 10.8 Å². The van der Waals surface area contributed by atoms with Crippen molar-refractivity contribution in [3.63, 3.8) is 0 Å². The van der Waals surface area contributed by atoms with Crippen LogP contribution in [-0.4, -0.2) is 42.2 Å². The second kappa shape index (κ2) is 5.19. The number of carbonyl (C=O) groups is 1. The van der Waals surface area contributed by atoms with Gasteiger partial charge < -0.3 is 15.7 Å². The fraction of sp³-hybridized carbons (Fsp3) is 0.889. The van der Waals surface area contributed by atoms with E-state index < -0.39 is 5.97 Å². The minimum atomic E-state index is -0.681. The third kappa shape index (κ3) is 3.74. The molecule has 1 unspecified atom stereocenters. The maximum atomic E-state index is 10.5. The molecule has 1 heterocycles. The van der Waals surface area contributed by atoms with Crippen molar-refractivity contribution in [2.24, 2.45) is 11.7 Å². The van der Waals surface area contributed by atoms with E-state index in [2.05, 4.69) is 4.90 Å². The fourth-order valence-corrected chi connectivity index (χ4v) is 1.95. The third-order valence-electron chi connectivity index (χ3n) is 2.51. The number of aliphatic carboxylic acids is 1. The maximum Gasteiger partial charge on any atom is 0.303 e. The van der Waals surface area contributed by atoms with Gasteiger partial charge in [-0.2, -0.15) is 0 Å². The predicted molar refractivity (Wildman–Crippen MR) is 50.5 cm³/mol. The molecular formula is C9H18N2O2. The van der Waals surface area contributed by atoms with E-state index >= 15 is 0 Å². The number of rotatable bonds is 4. The molecule has 0 aromatic carbocycles. The van der Waals surface area contributed by atoms with Gasteiger partial charge in [0.2, 0.25) is 0 Å². The lowest BCUT2D eigenvalue weighted by atomic mass is 9.95. The van der Waals surface area contributed by atoms with Crippen molar-refractivity contribution in [1.29, 1.82) is 0 Å². The van der Waals surface area contributed by atoms with Crippen molar-refractivity contribution < 1.29 is 9.90 Å². The van der Waals surface area contributed by atoms with Crippen LogP contribution < -0.4 is 5.73 Å². The summed E-state index contributed by atoms with van der Waals surface area (Å²) in [5.41, 5.74) is 5.45. The molecule has 0 aliphatic carbocycles. The zero-order valence-corrected chi connectivity index (χ0v) is 7.91. The van der Waals surface area contributed by atoms with Gasteiger partial charge in [-0.3, -0.25) is 4.79 Å². The lowest BCUT2D eigenvalue weighted by molar-refractivity contribution is -0.138. The molecule has 1 fully saturated rings. The molecule has 1 aliphatic heterocycles. The second-order valence-corrected chi connectivity index (χ2v) is 3.70. The molecule has 13 heavy (non-hydrogen) atoms. The van der Waals surface area contributed by atoms with Crippen molar-refractivity contribution >= 4 is 5.97 Å². The number of carboxylic acids is 1. The van der Waals surface area contributed by atoms with Crippen LogP contribution >= 0.6 is 0 Å². The minimum Gasteiger partial charge on any atom is -0.481 e. The number of hydrogen-bond acceptors (Lipinski definition) is 3. The molecule has 0 saturated carbocycles. The summed E-state index contributed by atoms with van der Waals surface area (Å²) in [5.74, 6) is -0.350. The highest BCUT2D eigenvalue weighted by molar-refractivity contribution is 5.67. The van der Waals surface area contributed by atoms with Gasteiger partial charge in [-0.15, -0.1) is 0 Å². The van der Waals surface area contributed by atoms with Crippen LogP contribution in [0, 0.1) is 5.92 Å². The molecule has 1 atom stereocenters. The number of likely N-dealkylation sites (tertiary alicyclic amines) is 1. The highest BCUT2D eigenvalue weighted by Crippen LogP contribution is 2.18. The number of piperidine rings is 1. The van der Waals surface area contributed by atoms with Crippen molar-refractivity contribution in [2.75, 3.05) is 26.2 Å². The Morgan fingerprint density at radius 2 is 2.38 bits per heavy atom. The number of carboxylic acid groups (broad SMARTS) is 1. The van der Waals surface area contributed by atoms with Gasteiger partial charge in [-0.05, 0) is 25.3 Å². The van der Waals surface area contributed by atoms with Crippen LogP contribution in [0.15, 0.2) is 0 Å². The van der Waals surface area contributed by atoms with Gasteiger partial charge in [0.15, 0.2) is 0 Å². The fourth-order valence-electron chi connectivity index (χ4n) is 1.95. The van der Waals surface area contributed by atoms with E-state index in [1.54, 1.807) is 0 Å². The lowest BCUT2D eigenvalue weighted by Crippen LogP contribution is -2.39. The topological polar surface area (TPSA) is 66.6 Å². The third-order valence-corrected chi connectivity index (χ3v) is 2.51. The SMILES string of the molecule is NCCN1CCCC(CC(=O)O)C1. The first-order valence-corrected chi connectivity index (χ1v) is 4.86. The van der Waals surface area contributed by atoms with E-state index in [1.165, 1.54) is 0 Å². The van der Waals surface area contributed by atoms with Crippen LogP contribution in [0.3, 0.4) is 0 Å². The second-order valence-electron chi connectivity index (χ2n) is 3.70. The largest absolute Gasteiger partial charge is 0.481 e. The molecule has 76 valence electrons. The molecular weight excluding hydrogens is 168 g/mol. The van der Waals surface area contributed by atoms with E-state index in [-0.39, 0.29) is 0 Å². The molecule has 0 radical (unpaired) electrons. The first kappa shape index (κ1) is 10.5. The quantitative estimate of drug-likeness (QED) is 0.655. The molecule has 1 rings (SSSR count). The Hall–Kier alpha value is -0.610. The normalized spacial score (nSPS) is 24.5.